The van der Waals surface area contributed by atoms with Crippen molar-refractivity contribution in [3.8, 4) is 11.5 Å². The van der Waals surface area contributed by atoms with E-state index >= 15 is 0 Å². The van der Waals surface area contributed by atoms with Crippen LogP contribution in [0.15, 0.2) is 36.0 Å². The van der Waals surface area contributed by atoms with E-state index in [1.165, 1.54) is 0 Å². The number of rotatable bonds is 6. The highest BCUT2D eigenvalue weighted by molar-refractivity contribution is 7.80. The molecule has 0 aliphatic carbocycles. The van der Waals surface area contributed by atoms with Crippen molar-refractivity contribution in [1.82, 2.24) is 10.7 Å². The molecule has 0 saturated heterocycles. The van der Waals surface area contributed by atoms with E-state index in [1.807, 2.05) is 18.2 Å². The second-order valence-corrected chi connectivity index (χ2v) is 3.86. The van der Waals surface area contributed by atoms with Crippen molar-refractivity contribution in [2.45, 2.75) is 0 Å². The maximum Gasteiger partial charge on any atom is 0.187 e. The Morgan fingerprint density at radius 2 is 2.21 bits per heavy atom. The van der Waals surface area contributed by atoms with Gasteiger partial charge in [-0.3, -0.25) is 5.43 Å². The first-order valence-electron chi connectivity index (χ1n) is 5.61. The van der Waals surface area contributed by atoms with Gasteiger partial charge in [-0.25, -0.2) is 0 Å². The van der Waals surface area contributed by atoms with Crippen molar-refractivity contribution < 1.29 is 9.47 Å². The molecule has 1 aromatic carbocycles. The summed E-state index contributed by atoms with van der Waals surface area (Å²) in [6, 6.07) is 5.55. The van der Waals surface area contributed by atoms with Crippen LogP contribution in [0.3, 0.4) is 0 Å². The minimum absolute atomic E-state index is 0.429. The zero-order chi connectivity index (χ0) is 14.1. The summed E-state index contributed by atoms with van der Waals surface area (Å²) in [5.41, 5.74) is 3.49. The first-order valence-corrected chi connectivity index (χ1v) is 6.02. The third-order valence-corrected chi connectivity index (χ3v) is 2.45. The molecule has 19 heavy (non-hydrogen) atoms. The molecule has 0 aliphatic heterocycles. The minimum atomic E-state index is 0.429. The standard InChI is InChI=1S/C13H17N3O2S/c1-4-8-14-13(19)16-15-9-10-6-5-7-11(17-2)12(10)18-3/h4-7,9H,1,8H2,2-3H3,(H2,14,16,19)/b15-9+. The van der Waals surface area contributed by atoms with Gasteiger partial charge in [0, 0.05) is 12.1 Å². The van der Waals surface area contributed by atoms with Crippen LogP contribution >= 0.6 is 12.2 Å². The van der Waals surface area contributed by atoms with Crippen LogP contribution in [0.4, 0.5) is 0 Å². The van der Waals surface area contributed by atoms with Crippen LogP contribution in [0.25, 0.3) is 0 Å². The first-order chi connectivity index (χ1) is 9.22. The first kappa shape index (κ1) is 15.0. The highest BCUT2D eigenvalue weighted by Gasteiger charge is 2.06. The molecule has 102 valence electrons. The Morgan fingerprint density at radius 1 is 1.42 bits per heavy atom. The van der Waals surface area contributed by atoms with Gasteiger partial charge in [-0.2, -0.15) is 5.10 Å². The minimum Gasteiger partial charge on any atom is -0.493 e. The zero-order valence-corrected chi connectivity index (χ0v) is 11.8. The Hall–Kier alpha value is -2.08. The van der Waals surface area contributed by atoms with Crippen LogP contribution in [0.1, 0.15) is 5.56 Å². The lowest BCUT2D eigenvalue weighted by atomic mass is 10.2. The number of methoxy groups -OCH3 is 2. The third kappa shape index (κ3) is 4.59. The Kier molecular flexibility index (Phi) is 6.38. The van der Waals surface area contributed by atoms with Gasteiger partial charge in [0.15, 0.2) is 16.6 Å². The van der Waals surface area contributed by atoms with Crippen molar-refractivity contribution in [3.63, 3.8) is 0 Å². The van der Waals surface area contributed by atoms with E-state index in [4.69, 9.17) is 21.7 Å². The second-order valence-electron chi connectivity index (χ2n) is 3.45. The predicted octanol–water partition coefficient (Wildman–Crippen LogP) is 1.69. The van der Waals surface area contributed by atoms with Gasteiger partial charge in [0.05, 0.1) is 20.4 Å². The van der Waals surface area contributed by atoms with E-state index < -0.39 is 0 Å². The molecule has 0 heterocycles. The van der Waals surface area contributed by atoms with Gasteiger partial charge in [0.2, 0.25) is 0 Å². The molecule has 0 atom stereocenters. The number of benzene rings is 1. The molecule has 0 aromatic heterocycles. The normalized spacial score (nSPS) is 10.0. The van der Waals surface area contributed by atoms with Crippen LogP contribution in [0.5, 0.6) is 11.5 Å². The summed E-state index contributed by atoms with van der Waals surface area (Å²) in [6.07, 6.45) is 3.33. The number of nitrogens with zero attached hydrogens (tertiary/aromatic N) is 1. The van der Waals surface area contributed by atoms with Crippen molar-refractivity contribution in [1.29, 1.82) is 0 Å². The Morgan fingerprint density at radius 3 is 2.84 bits per heavy atom. The van der Waals surface area contributed by atoms with Crippen molar-refractivity contribution >= 4 is 23.5 Å². The fraction of sp³-hybridized carbons (Fsp3) is 0.231. The molecule has 6 heteroatoms. The molecule has 0 fully saturated rings. The topological polar surface area (TPSA) is 54.9 Å². The molecule has 0 bridgehead atoms. The van der Waals surface area contributed by atoms with Gasteiger partial charge in [-0.1, -0.05) is 12.1 Å². The average Bonchev–Trinajstić information content (AvgIpc) is 2.44. The van der Waals surface area contributed by atoms with Gasteiger partial charge in [0.1, 0.15) is 0 Å². The molecule has 1 aromatic rings. The lowest BCUT2D eigenvalue weighted by Crippen LogP contribution is -2.31. The Balaban J connectivity index is 2.71. The SMILES string of the molecule is C=CCNC(=S)N/N=C/c1cccc(OC)c1OC. The van der Waals surface area contributed by atoms with Crippen LogP contribution in [0.2, 0.25) is 0 Å². The lowest BCUT2D eigenvalue weighted by molar-refractivity contribution is 0.354. The fourth-order valence-electron chi connectivity index (χ4n) is 1.38. The molecule has 0 radical (unpaired) electrons. The molecule has 0 amide bonds. The van der Waals surface area contributed by atoms with Gasteiger partial charge in [-0.15, -0.1) is 6.58 Å². The van der Waals surface area contributed by atoms with Gasteiger partial charge < -0.3 is 14.8 Å². The number of para-hydroxylation sites is 1. The summed E-state index contributed by atoms with van der Waals surface area (Å²) in [4.78, 5) is 0. The van der Waals surface area contributed by atoms with Gasteiger partial charge in [-0.05, 0) is 24.4 Å². The van der Waals surface area contributed by atoms with Crippen LogP contribution in [-0.4, -0.2) is 32.1 Å². The number of hydrazone groups is 1. The molecule has 0 saturated carbocycles. The third-order valence-electron chi connectivity index (χ3n) is 2.21. The summed E-state index contributed by atoms with van der Waals surface area (Å²) in [5.74, 6) is 1.28. The average molecular weight is 279 g/mol. The highest BCUT2D eigenvalue weighted by atomic mass is 32.1. The number of ether oxygens (including phenoxy) is 2. The number of hydrogen-bond acceptors (Lipinski definition) is 4. The molecule has 2 N–H and O–H groups in total. The summed E-state index contributed by atoms with van der Waals surface area (Å²) in [7, 11) is 3.17. The number of nitrogens with one attached hydrogen (secondary N) is 2. The van der Waals surface area contributed by atoms with E-state index in [1.54, 1.807) is 26.5 Å². The largest absolute Gasteiger partial charge is 0.493 e. The molecule has 5 nitrogen and oxygen atoms in total. The molecule has 0 aliphatic rings. The Bertz CT molecular complexity index is 475. The highest BCUT2D eigenvalue weighted by Crippen LogP contribution is 2.29. The quantitative estimate of drug-likeness (QED) is 0.359. The molecular weight excluding hydrogens is 262 g/mol. The monoisotopic (exact) mass is 279 g/mol. The van der Waals surface area contributed by atoms with Gasteiger partial charge in [0.25, 0.3) is 0 Å². The van der Waals surface area contributed by atoms with E-state index in [0.717, 1.165) is 5.56 Å². The van der Waals surface area contributed by atoms with Crippen molar-refractivity contribution in [2.75, 3.05) is 20.8 Å². The number of thiocarbonyl (C=S) groups is 1. The smallest absolute Gasteiger partial charge is 0.187 e. The predicted molar refractivity (Wildman–Crippen MR) is 81.1 cm³/mol. The maximum absolute atomic E-state index is 5.28. The van der Waals surface area contributed by atoms with Crippen molar-refractivity contribution in [3.05, 3.63) is 36.4 Å². The summed E-state index contributed by atoms with van der Waals surface area (Å²) < 4.78 is 10.5. The lowest BCUT2D eigenvalue weighted by Gasteiger charge is -2.09. The summed E-state index contributed by atoms with van der Waals surface area (Å²) >= 11 is 5.01. The number of hydrogen-bond donors (Lipinski definition) is 2. The molecule has 1 rings (SSSR count). The Labute approximate surface area is 118 Å². The molecule has 0 spiro atoms. The molecule has 0 unspecified atom stereocenters. The van der Waals surface area contributed by atoms with E-state index in [2.05, 4.69) is 22.4 Å². The maximum atomic E-state index is 5.28. The summed E-state index contributed by atoms with van der Waals surface area (Å²) in [5, 5.41) is 7.36. The van der Waals surface area contributed by atoms with Crippen LogP contribution in [-0.2, 0) is 0 Å². The van der Waals surface area contributed by atoms with Gasteiger partial charge >= 0.3 is 0 Å². The van der Waals surface area contributed by atoms with Crippen LogP contribution in [0, 0.1) is 0 Å². The zero-order valence-electron chi connectivity index (χ0n) is 11.0. The van der Waals surface area contributed by atoms with E-state index in [9.17, 15) is 0 Å². The summed E-state index contributed by atoms with van der Waals surface area (Å²) in [6.45, 7) is 4.17. The fourth-order valence-corrected chi connectivity index (χ4v) is 1.51. The van der Waals surface area contributed by atoms with Crippen LogP contribution < -0.4 is 20.2 Å². The van der Waals surface area contributed by atoms with E-state index in [-0.39, 0.29) is 0 Å². The second kappa shape index (κ2) is 8.10. The van der Waals surface area contributed by atoms with E-state index in [0.29, 0.717) is 23.2 Å². The molecular formula is C13H17N3O2S. The van der Waals surface area contributed by atoms with Crippen molar-refractivity contribution in [2.24, 2.45) is 5.10 Å².